The first kappa shape index (κ1) is 18.9. The summed E-state index contributed by atoms with van der Waals surface area (Å²) < 4.78 is 20.9. The molecule has 5 nitrogen and oxygen atoms in total. The third-order valence-corrected chi connectivity index (χ3v) is 6.50. The van der Waals surface area contributed by atoms with Gasteiger partial charge in [-0.1, -0.05) is 0 Å². The molecule has 0 aromatic rings. The highest BCUT2D eigenvalue weighted by Crippen LogP contribution is 2.49. The third kappa shape index (κ3) is 4.54. The van der Waals surface area contributed by atoms with E-state index in [-0.39, 0.29) is 16.3 Å². The molecule has 2 rings (SSSR count). The number of rotatable bonds is 2. The van der Waals surface area contributed by atoms with Crippen LogP contribution in [0.1, 0.15) is 67.2 Å². The molecule has 0 aromatic heterocycles. The van der Waals surface area contributed by atoms with Gasteiger partial charge in [0.1, 0.15) is 10.3 Å². The van der Waals surface area contributed by atoms with Gasteiger partial charge in [-0.15, -0.1) is 4.72 Å². The molecule has 134 valence electrons. The summed E-state index contributed by atoms with van der Waals surface area (Å²) >= 11 is -1.03. The van der Waals surface area contributed by atoms with Crippen LogP contribution in [-0.2, 0) is 16.1 Å². The lowest BCUT2D eigenvalue weighted by Crippen LogP contribution is -2.61. The van der Waals surface area contributed by atoms with Gasteiger partial charge in [-0.2, -0.15) is 0 Å². The maximum absolute atomic E-state index is 12.3. The molecule has 2 fully saturated rings. The second-order valence-corrected chi connectivity index (χ2v) is 10.9. The minimum absolute atomic E-state index is 0.208. The lowest BCUT2D eigenvalue weighted by atomic mass is 9.60. The maximum atomic E-state index is 12.3. The van der Waals surface area contributed by atoms with Crippen LogP contribution in [0.4, 0.5) is 4.79 Å². The fourth-order valence-electron chi connectivity index (χ4n) is 3.25. The Morgan fingerprint density at radius 3 is 2.13 bits per heavy atom. The molecular formula is C17H32N2O3S. The van der Waals surface area contributed by atoms with E-state index < -0.39 is 17.0 Å². The number of amides is 1. The zero-order valence-corrected chi connectivity index (χ0v) is 16.2. The standard InChI is InChI=1S/C17H32N2O3S/c1-15(2,3)22-14(20)19-11-9-17(10-12-19)8-7-13(17)18-23(21)16(4,5)6/h13,18H,7-12H2,1-6H3/t13-,23+/m1/s1. The highest BCUT2D eigenvalue weighted by atomic mass is 32.2. The Morgan fingerprint density at radius 2 is 1.74 bits per heavy atom. The molecule has 1 aliphatic carbocycles. The van der Waals surface area contributed by atoms with Gasteiger partial charge in [0.15, 0.2) is 0 Å². The summed E-state index contributed by atoms with van der Waals surface area (Å²) in [6, 6.07) is 0.309. The van der Waals surface area contributed by atoms with Crippen molar-refractivity contribution in [3.05, 3.63) is 0 Å². The number of nitrogens with one attached hydrogen (secondary N) is 1. The SMILES string of the molecule is CC(C)(C)OC(=O)N1CCC2(CC[C@H]2N[S@@+]([O-])C(C)(C)C)CC1. The largest absolute Gasteiger partial charge is 0.598 e. The van der Waals surface area contributed by atoms with Crippen molar-refractivity contribution in [3.8, 4) is 0 Å². The van der Waals surface area contributed by atoms with Crippen LogP contribution in [0.5, 0.6) is 0 Å². The Hall–Kier alpha value is -0.460. The van der Waals surface area contributed by atoms with Crippen LogP contribution in [0.15, 0.2) is 0 Å². The molecule has 0 bridgehead atoms. The van der Waals surface area contributed by atoms with Crippen LogP contribution in [0, 0.1) is 5.41 Å². The first-order valence-corrected chi connectivity index (χ1v) is 9.74. The first-order chi connectivity index (χ1) is 10.4. The van der Waals surface area contributed by atoms with E-state index in [9.17, 15) is 9.35 Å². The smallest absolute Gasteiger partial charge is 0.410 e. The first-order valence-electron chi connectivity index (χ1n) is 8.59. The normalized spacial score (nSPS) is 25.9. The van der Waals surface area contributed by atoms with Gasteiger partial charge < -0.3 is 14.2 Å². The minimum atomic E-state index is -1.03. The number of likely N-dealkylation sites (tertiary alicyclic amines) is 1. The van der Waals surface area contributed by atoms with Crippen molar-refractivity contribution in [1.29, 1.82) is 0 Å². The van der Waals surface area contributed by atoms with Gasteiger partial charge in [-0.05, 0) is 72.6 Å². The maximum Gasteiger partial charge on any atom is 0.410 e. The number of carbonyl (C=O) groups excluding carboxylic acids is 1. The minimum Gasteiger partial charge on any atom is -0.598 e. The molecule has 1 saturated heterocycles. The van der Waals surface area contributed by atoms with Gasteiger partial charge in [0.25, 0.3) is 0 Å². The average Bonchev–Trinajstić information content (AvgIpc) is 2.40. The molecule has 6 heteroatoms. The van der Waals surface area contributed by atoms with Gasteiger partial charge in [-0.3, -0.25) is 0 Å². The van der Waals surface area contributed by atoms with Crippen molar-refractivity contribution in [1.82, 2.24) is 9.62 Å². The molecule has 1 amide bonds. The number of carbonyl (C=O) groups is 1. The predicted octanol–water partition coefficient (Wildman–Crippen LogP) is 3.22. The van der Waals surface area contributed by atoms with Crippen LogP contribution in [0.2, 0.25) is 0 Å². The summed E-state index contributed by atoms with van der Waals surface area (Å²) in [5, 5.41) is 0. The van der Waals surface area contributed by atoms with Crippen molar-refractivity contribution in [3.63, 3.8) is 0 Å². The van der Waals surface area contributed by atoms with E-state index >= 15 is 0 Å². The fraction of sp³-hybridized carbons (Fsp3) is 0.941. The van der Waals surface area contributed by atoms with E-state index in [2.05, 4.69) is 4.72 Å². The fourth-order valence-corrected chi connectivity index (χ4v) is 4.23. The average molecular weight is 345 g/mol. The van der Waals surface area contributed by atoms with Crippen molar-refractivity contribution in [2.24, 2.45) is 5.41 Å². The summed E-state index contributed by atoms with van der Waals surface area (Å²) in [4.78, 5) is 14.0. The summed E-state index contributed by atoms with van der Waals surface area (Å²) in [7, 11) is 0. The van der Waals surface area contributed by atoms with Gasteiger partial charge in [-0.25, -0.2) is 4.79 Å². The van der Waals surface area contributed by atoms with Gasteiger partial charge >= 0.3 is 6.09 Å². The predicted molar refractivity (Wildman–Crippen MR) is 93.5 cm³/mol. The molecule has 2 aliphatic rings. The Kier molecular flexibility index (Phi) is 5.29. The van der Waals surface area contributed by atoms with Crippen LogP contribution in [0.3, 0.4) is 0 Å². The molecule has 1 spiro atoms. The van der Waals surface area contributed by atoms with Gasteiger partial charge in [0.05, 0.1) is 6.04 Å². The van der Waals surface area contributed by atoms with E-state index in [0.29, 0.717) is 6.04 Å². The second kappa shape index (κ2) is 6.45. The summed E-state index contributed by atoms with van der Waals surface area (Å²) in [6.45, 7) is 13.1. The van der Waals surface area contributed by atoms with Crippen molar-refractivity contribution in [2.45, 2.75) is 83.6 Å². The van der Waals surface area contributed by atoms with Gasteiger partial charge in [0.2, 0.25) is 0 Å². The zero-order valence-electron chi connectivity index (χ0n) is 15.4. The number of hydrogen-bond donors (Lipinski definition) is 1. The Balaban J connectivity index is 1.87. The molecule has 0 radical (unpaired) electrons. The van der Waals surface area contributed by atoms with E-state index in [1.54, 1.807) is 0 Å². The molecule has 0 aromatic carbocycles. The Bertz CT molecular complexity index is 434. The molecule has 23 heavy (non-hydrogen) atoms. The number of nitrogens with zero attached hydrogens (tertiary/aromatic N) is 1. The van der Waals surface area contributed by atoms with Crippen molar-refractivity contribution >= 4 is 17.5 Å². The summed E-state index contributed by atoms with van der Waals surface area (Å²) in [5.74, 6) is 0. The lowest BCUT2D eigenvalue weighted by molar-refractivity contribution is -0.0184. The summed E-state index contributed by atoms with van der Waals surface area (Å²) in [6.07, 6.45) is 3.95. The van der Waals surface area contributed by atoms with E-state index in [1.807, 2.05) is 46.4 Å². The third-order valence-electron chi connectivity index (χ3n) is 4.89. The highest BCUT2D eigenvalue weighted by molar-refractivity contribution is 7.90. The van der Waals surface area contributed by atoms with Crippen LogP contribution in [0.25, 0.3) is 0 Å². The molecule has 1 saturated carbocycles. The number of hydrogen-bond acceptors (Lipinski definition) is 4. The molecule has 1 heterocycles. The highest BCUT2D eigenvalue weighted by Gasteiger charge is 2.51. The molecule has 1 aliphatic heterocycles. The molecular weight excluding hydrogens is 312 g/mol. The van der Waals surface area contributed by atoms with E-state index in [0.717, 1.165) is 38.8 Å². The van der Waals surface area contributed by atoms with Crippen LogP contribution < -0.4 is 4.72 Å². The number of piperidine rings is 1. The molecule has 2 atom stereocenters. The topological polar surface area (TPSA) is 64.6 Å². The zero-order chi connectivity index (χ0) is 17.5. The second-order valence-electron chi connectivity index (χ2n) is 8.92. The Labute approximate surface area is 143 Å². The van der Waals surface area contributed by atoms with Crippen molar-refractivity contribution in [2.75, 3.05) is 13.1 Å². The summed E-state index contributed by atoms with van der Waals surface area (Å²) in [5.41, 5.74) is -0.240. The van der Waals surface area contributed by atoms with Crippen LogP contribution >= 0.6 is 0 Å². The lowest BCUT2D eigenvalue weighted by Gasteiger charge is -2.53. The van der Waals surface area contributed by atoms with E-state index in [4.69, 9.17) is 4.74 Å². The number of ether oxygens (including phenoxy) is 1. The van der Waals surface area contributed by atoms with Gasteiger partial charge in [0, 0.05) is 24.5 Å². The van der Waals surface area contributed by atoms with E-state index in [1.165, 1.54) is 0 Å². The molecule has 1 N–H and O–H groups in total. The molecule has 0 unspecified atom stereocenters. The van der Waals surface area contributed by atoms with Crippen molar-refractivity contribution < 1.29 is 14.1 Å². The quantitative estimate of drug-likeness (QED) is 0.781. The Morgan fingerprint density at radius 1 is 1.17 bits per heavy atom. The monoisotopic (exact) mass is 344 g/mol. The van der Waals surface area contributed by atoms with Crippen LogP contribution in [-0.4, -0.2) is 45.0 Å².